The van der Waals surface area contributed by atoms with E-state index in [1.807, 2.05) is 31.0 Å². The summed E-state index contributed by atoms with van der Waals surface area (Å²) in [4.78, 5) is 18.7. The number of nitrogens with zero attached hydrogens (tertiary/aromatic N) is 7. The zero-order chi connectivity index (χ0) is 20.8. The van der Waals surface area contributed by atoms with Crippen molar-refractivity contribution >= 4 is 5.91 Å². The molecular formula is C19H25N7O3. The average molecular weight is 399 g/mol. The van der Waals surface area contributed by atoms with Gasteiger partial charge in [0.25, 0.3) is 5.89 Å². The van der Waals surface area contributed by atoms with E-state index >= 15 is 0 Å². The zero-order valence-corrected chi connectivity index (χ0v) is 17.2. The number of morpholine rings is 1. The molecule has 10 heteroatoms. The molecule has 3 aromatic heterocycles. The summed E-state index contributed by atoms with van der Waals surface area (Å²) < 4.78 is 14.9. The number of aryl methyl sites for hydroxylation is 1. The van der Waals surface area contributed by atoms with Crippen LogP contribution in [0.15, 0.2) is 29.3 Å². The second-order valence-corrected chi connectivity index (χ2v) is 8.10. The highest BCUT2D eigenvalue weighted by Gasteiger charge is 2.41. The molecule has 4 heterocycles. The van der Waals surface area contributed by atoms with Gasteiger partial charge < -0.3 is 14.2 Å². The Hall–Kier alpha value is -3.01. The summed E-state index contributed by atoms with van der Waals surface area (Å²) in [6.45, 7) is 8.64. The van der Waals surface area contributed by atoms with Gasteiger partial charge >= 0.3 is 0 Å². The molecule has 1 fully saturated rings. The van der Waals surface area contributed by atoms with Crippen molar-refractivity contribution in [2.75, 3.05) is 13.2 Å². The number of amides is 1. The number of aromatic nitrogens is 6. The minimum atomic E-state index is -0.573. The van der Waals surface area contributed by atoms with Gasteiger partial charge in [0.15, 0.2) is 6.10 Å². The number of hydrogen-bond acceptors (Lipinski definition) is 7. The normalized spacial score (nSPS) is 20.4. The topological polar surface area (TPSA) is 104 Å². The Morgan fingerprint density at radius 1 is 1.21 bits per heavy atom. The molecule has 0 bridgehead atoms. The summed E-state index contributed by atoms with van der Waals surface area (Å²) in [5, 5.41) is 12.7. The van der Waals surface area contributed by atoms with E-state index < -0.39 is 6.10 Å². The Bertz CT molecular complexity index is 1010. The quantitative estimate of drug-likeness (QED) is 0.661. The lowest BCUT2D eigenvalue weighted by Gasteiger charge is -2.38. The van der Waals surface area contributed by atoms with Gasteiger partial charge in [-0.2, -0.15) is 15.2 Å². The van der Waals surface area contributed by atoms with Crippen LogP contribution in [0.1, 0.15) is 51.3 Å². The first-order valence-electron chi connectivity index (χ1n) is 9.56. The second kappa shape index (κ2) is 7.11. The van der Waals surface area contributed by atoms with Crippen molar-refractivity contribution in [1.29, 1.82) is 0 Å². The van der Waals surface area contributed by atoms with Gasteiger partial charge in [0.1, 0.15) is 6.61 Å². The lowest BCUT2D eigenvalue weighted by atomic mass is 10.0. The number of carbonyl (C=O) groups is 1. The van der Waals surface area contributed by atoms with Crippen LogP contribution >= 0.6 is 0 Å². The highest BCUT2D eigenvalue weighted by Crippen LogP contribution is 2.39. The summed E-state index contributed by atoms with van der Waals surface area (Å²) in [7, 11) is 1.83. The molecule has 4 rings (SSSR count). The third-order valence-electron chi connectivity index (χ3n) is 4.95. The van der Waals surface area contributed by atoms with Crippen LogP contribution in [0, 0.1) is 0 Å². The van der Waals surface area contributed by atoms with Gasteiger partial charge in [0, 0.05) is 31.5 Å². The van der Waals surface area contributed by atoms with Crippen LogP contribution in [0.4, 0.5) is 0 Å². The molecule has 0 radical (unpaired) electrons. The standard InChI is InChI=1S/C19H25N7O3/c1-6-25-14(27)11-28-16(15(25)12-7-20-24(5)9-12)18-22-17(23-29-18)13-8-21-26(10-13)19(2,3)4/h7-10,15-16H,6,11H2,1-5H3/t15-,16+/m1/s1. The molecule has 1 aliphatic heterocycles. The number of hydrogen-bond donors (Lipinski definition) is 0. The maximum atomic E-state index is 12.4. The van der Waals surface area contributed by atoms with Crippen molar-refractivity contribution in [3.8, 4) is 11.4 Å². The van der Waals surface area contributed by atoms with E-state index in [1.54, 1.807) is 22.0 Å². The smallest absolute Gasteiger partial charge is 0.258 e. The lowest BCUT2D eigenvalue weighted by molar-refractivity contribution is -0.160. The van der Waals surface area contributed by atoms with Gasteiger partial charge in [0.05, 0.1) is 29.5 Å². The molecule has 0 aliphatic carbocycles. The van der Waals surface area contributed by atoms with Crippen molar-refractivity contribution in [3.63, 3.8) is 0 Å². The maximum Gasteiger partial charge on any atom is 0.258 e. The maximum absolute atomic E-state index is 12.4. The van der Waals surface area contributed by atoms with Crippen molar-refractivity contribution < 1.29 is 14.1 Å². The molecule has 3 aromatic rings. The largest absolute Gasteiger partial charge is 0.356 e. The van der Waals surface area contributed by atoms with Crippen LogP contribution in [-0.2, 0) is 22.1 Å². The molecule has 29 heavy (non-hydrogen) atoms. The highest BCUT2D eigenvalue weighted by molar-refractivity contribution is 5.78. The Kier molecular flexibility index (Phi) is 4.73. The van der Waals surface area contributed by atoms with Gasteiger partial charge in [-0.1, -0.05) is 5.16 Å². The molecular weight excluding hydrogens is 374 g/mol. The van der Waals surface area contributed by atoms with Crippen molar-refractivity contribution in [1.82, 2.24) is 34.6 Å². The zero-order valence-electron chi connectivity index (χ0n) is 17.2. The molecule has 0 spiro atoms. The Labute approximate surface area is 168 Å². The number of likely N-dealkylation sites (N-methyl/N-ethyl adjacent to an activating group) is 1. The van der Waals surface area contributed by atoms with Crippen molar-refractivity contribution in [2.24, 2.45) is 7.05 Å². The summed E-state index contributed by atoms with van der Waals surface area (Å²) >= 11 is 0. The third-order valence-corrected chi connectivity index (χ3v) is 4.95. The number of rotatable bonds is 4. The fraction of sp³-hybridized carbons (Fsp3) is 0.526. The van der Waals surface area contributed by atoms with Gasteiger partial charge in [-0.15, -0.1) is 0 Å². The van der Waals surface area contributed by atoms with E-state index in [4.69, 9.17) is 9.26 Å². The van der Waals surface area contributed by atoms with Crippen LogP contribution < -0.4 is 0 Å². The predicted octanol–water partition coefficient (Wildman–Crippen LogP) is 2.08. The summed E-state index contributed by atoms with van der Waals surface area (Å²) in [5.74, 6) is 0.677. The van der Waals surface area contributed by atoms with Crippen LogP contribution in [0.3, 0.4) is 0 Å². The lowest BCUT2D eigenvalue weighted by Crippen LogP contribution is -2.45. The summed E-state index contributed by atoms with van der Waals surface area (Å²) in [6, 6.07) is -0.388. The van der Waals surface area contributed by atoms with Gasteiger partial charge in [-0.3, -0.25) is 14.2 Å². The Morgan fingerprint density at radius 2 is 2.00 bits per heavy atom. The molecule has 0 N–H and O–H groups in total. The van der Waals surface area contributed by atoms with Crippen molar-refractivity contribution in [2.45, 2.75) is 45.4 Å². The van der Waals surface area contributed by atoms with E-state index in [0.717, 1.165) is 11.1 Å². The first-order valence-corrected chi connectivity index (χ1v) is 9.56. The second-order valence-electron chi connectivity index (χ2n) is 8.10. The Morgan fingerprint density at radius 3 is 2.62 bits per heavy atom. The fourth-order valence-corrected chi connectivity index (χ4v) is 3.45. The SMILES string of the molecule is CCN1C(=O)CO[C@H](c2nc(-c3cnn(C(C)(C)C)c3)no2)[C@H]1c1cnn(C)c1. The van der Waals surface area contributed by atoms with E-state index in [9.17, 15) is 4.79 Å². The molecule has 1 aliphatic rings. The monoisotopic (exact) mass is 399 g/mol. The molecule has 154 valence electrons. The van der Waals surface area contributed by atoms with Gasteiger partial charge in [-0.25, -0.2) is 0 Å². The van der Waals surface area contributed by atoms with E-state index in [-0.39, 0.29) is 24.1 Å². The number of carbonyl (C=O) groups excluding carboxylic acids is 1. The number of ether oxygens (including phenoxy) is 1. The molecule has 0 unspecified atom stereocenters. The summed E-state index contributed by atoms with van der Waals surface area (Å²) in [6.07, 6.45) is 6.62. The van der Waals surface area contributed by atoms with Crippen molar-refractivity contribution in [3.05, 3.63) is 36.2 Å². The van der Waals surface area contributed by atoms with Crippen LogP contribution in [0.25, 0.3) is 11.4 Å². The molecule has 10 nitrogen and oxygen atoms in total. The first kappa shape index (κ1) is 19.3. The average Bonchev–Trinajstić information content (AvgIpc) is 3.40. The fourth-order valence-electron chi connectivity index (χ4n) is 3.45. The highest BCUT2D eigenvalue weighted by atomic mass is 16.5. The first-order chi connectivity index (χ1) is 13.8. The molecule has 2 atom stereocenters. The van der Waals surface area contributed by atoms with Crippen LogP contribution in [-0.4, -0.2) is 53.7 Å². The molecule has 1 amide bonds. The molecule has 1 saturated heterocycles. The van der Waals surface area contributed by atoms with Gasteiger partial charge in [-0.05, 0) is 27.7 Å². The van der Waals surface area contributed by atoms with E-state index in [2.05, 4.69) is 41.1 Å². The third kappa shape index (κ3) is 3.55. The van der Waals surface area contributed by atoms with Crippen LogP contribution in [0.2, 0.25) is 0 Å². The predicted molar refractivity (Wildman–Crippen MR) is 103 cm³/mol. The minimum Gasteiger partial charge on any atom is -0.356 e. The minimum absolute atomic E-state index is 0.0328. The van der Waals surface area contributed by atoms with E-state index in [0.29, 0.717) is 18.3 Å². The molecule has 0 aromatic carbocycles. The van der Waals surface area contributed by atoms with E-state index in [1.165, 1.54) is 0 Å². The molecule has 0 saturated carbocycles. The summed E-state index contributed by atoms with van der Waals surface area (Å²) in [5.41, 5.74) is 1.46. The van der Waals surface area contributed by atoms with Gasteiger partial charge in [0.2, 0.25) is 11.7 Å². The van der Waals surface area contributed by atoms with Crippen LogP contribution in [0.5, 0.6) is 0 Å². The Balaban J connectivity index is 1.68.